The van der Waals surface area contributed by atoms with Crippen LogP contribution < -0.4 is 0 Å². The zero-order chi connectivity index (χ0) is 32.2. The fraction of sp³-hybridized carbons (Fsp3) is 0.333. The number of nitrogens with zero attached hydrogens (tertiary/aromatic N) is 4. The van der Waals surface area contributed by atoms with Crippen molar-refractivity contribution in [1.29, 1.82) is 0 Å². The van der Waals surface area contributed by atoms with Crippen LogP contribution in [0.1, 0.15) is 52.4 Å². The van der Waals surface area contributed by atoms with Crippen molar-refractivity contribution in [2.75, 3.05) is 0 Å². The first-order valence-corrected chi connectivity index (χ1v) is 18.3. The lowest BCUT2D eigenvalue weighted by molar-refractivity contribution is -0.130. The number of hydrogen-bond donors (Lipinski definition) is 0. The predicted molar refractivity (Wildman–Crippen MR) is 173 cm³/mol. The first kappa shape index (κ1) is 32.5. The van der Waals surface area contributed by atoms with Gasteiger partial charge in [-0.2, -0.15) is 27.0 Å². The molecule has 2 atom stereocenters. The largest absolute Gasteiger partial charge is 0.286 e. The molecule has 0 N–H and O–H groups in total. The fourth-order valence-corrected chi connectivity index (χ4v) is 9.31. The van der Waals surface area contributed by atoms with Crippen LogP contribution in [0.4, 0.5) is 0 Å². The fourth-order valence-electron chi connectivity index (χ4n) is 6.21. The van der Waals surface area contributed by atoms with Crippen LogP contribution in [0.25, 0.3) is 0 Å². The van der Waals surface area contributed by atoms with Gasteiger partial charge in [0.1, 0.15) is 10.8 Å². The molecule has 2 spiro atoms. The van der Waals surface area contributed by atoms with Gasteiger partial charge in [-0.15, -0.1) is 8.83 Å². The van der Waals surface area contributed by atoms with Gasteiger partial charge in [-0.1, -0.05) is 56.2 Å². The smallest absolute Gasteiger partial charge is 0.270 e. The highest BCUT2D eigenvalue weighted by Gasteiger charge is 2.57. The van der Waals surface area contributed by atoms with E-state index in [4.69, 9.17) is 0 Å². The molecule has 2 amide bonds. The Labute approximate surface area is 273 Å². The minimum Gasteiger partial charge on any atom is -0.270 e. The summed E-state index contributed by atoms with van der Waals surface area (Å²) in [5.41, 5.74) is 0.686. The topological polar surface area (TPSA) is 134 Å². The van der Waals surface area contributed by atoms with Crippen LogP contribution >= 0.6 is 31.9 Å². The molecule has 4 aliphatic rings. The molecule has 6 rings (SSSR count). The van der Waals surface area contributed by atoms with E-state index in [9.17, 15) is 26.4 Å². The summed E-state index contributed by atoms with van der Waals surface area (Å²) in [7, 11) is -7.98. The SMILES string of the molecule is C=C1CCC[C@@]12C(=O)N(S(=O)(=O)c1ccc(Br)cc1)N=C2C.C=C1CCC[C@@]12C(=O)N(S(=O)(=O)c1ccc(Br)cc1)N=C2C. The van der Waals surface area contributed by atoms with Gasteiger partial charge in [0.05, 0.1) is 21.2 Å². The summed E-state index contributed by atoms with van der Waals surface area (Å²) >= 11 is 6.52. The van der Waals surface area contributed by atoms with Crippen LogP contribution in [-0.4, -0.2) is 48.9 Å². The Hall–Kier alpha value is -2.94. The molecule has 0 bridgehead atoms. The molecule has 2 aromatic carbocycles. The highest BCUT2D eigenvalue weighted by atomic mass is 79.9. The van der Waals surface area contributed by atoms with E-state index in [0.29, 0.717) is 33.1 Å². The third kappa shape index (κ3) is 4.94. The van der Waals surface area contributed by atoms with E-state index in [1.165, 1.54) is 24.3 Å². The summed E-state index contributed by atoms with van der Waals surface area (Å²) < 4.78 is 53.6. The third-order valence-corrected chi connectivity index (χ3v) is 12.9. The average Bonchev–Trinajstić information content (AvgIpc) is 3.70. The second kappa shape index (κ2) is 11.5. The Balaban J connectivity index is 0.000000175. The highest BCUT2D eigenvalue weighted by molar-refractivity contribution is 9.10. The summed E-state index contributed by atoms with van der Waals surface area (Å²) in [4.78, 5) is 25.7. The standard InChI is InChI=1S/2C15H15BrN2O3S/c2*1-10-4-3-9-15(10)11(2)17-18(14(15)19)22(20,21)13-7-5-12(16)6-8-13/h2*5-8H,1,3-4,9H2,2H3/t2*15-/m11/s1. The number of hydrogen-bond acceptors (Lipinski definition) is 8. The first-order chi connectivity index (χ1) is 20.6. The molecule has 2 aliphatic carbocycles. The summed E-state index contributed by atoms with van der Waals surface area (Å²) in [6.07, 6.45) is 4.25. The Morgan fingerprint density at radius 1 is 0.659 bits per heavy atom. The zero-order valence-electron chi connectivity index (χ0n) is 24.1. The molecular weight excluding hydrogens is 736 g/mol. The molecule has 0 unspecified atom stereocenters. The Kier molecular flexibility index (Phi) is 8.45. The predicted octanol–water partition coefficient (Wildman–Crippen LogP) is 6.16. The second-order valence-corrected chi connectivity index (χ2v) is 16.5. The van der Waals surface area contributed by atoms with Crippen LogP contribution in [0.15, 0.2) is 102 Å². The monoisotopic (exact) mass is 764 g/mol. The molecule has 2 aliphatic heterocycles. The van der Waals surface area contributed by atoms with Crippen LogP contribution in [0.3, 0.4) is 0 Å². The minimum absolute atomic E-state index is 0.0428. The summed E-state index contributed by atoms with van der Waals surface area (Å²) in [6.45, 7) is 11.3. The van der Waals surface area contributed by atoms with Gasteiger partial charge in [-0.05, 0) is 101 Å². The number of benzene rings is 2. The maximum atomic E-state index is 12.8. The van der Waals surface area contributed by atoms with Crippen molar-refractivity contribution in [3.8, 4) is 0 Å². The molecular formula is C30H30Br2N4O6S2. The van der Waals surface area contributed by atoms with Crippen molar-refractivity contribution in [1.82, 2.24) is 8.83 Å². The Morgan fingerprint density at radius 3 is 1.25 bits per heavy atom. The summed E-state index contributed by atoms with van der Waals surface area (Å²) in [5, 5.41) is 8.13. The van der Waals surface area contributed by atoms with E-state index in [1.54, 1.807) is 38.1 Å². The van der Waals surface area contributed by atoms with Crippen molar-refractivity contribution in [2.45, 2.75) is 62.2 Å². The van der Waals surface area contributed by atoms with Gasteiger partial charge < -0.3 is 0 Å². The van der Waals surface area contributed by atoms with Gasteiger partial charge in [0.15, 0.2) is 0 Å². The maximum absolute atomic E-state index is 12.8. The molecule has 2 heterocycles. The van der Waals surface area contributed by atoms with Crippen molar-refractivity contribution < 1.29 is 26.4 Å². The molecule has 0 saturated heterocycles. The van der Waals surface area contributed by atoms with E-state index >= 15 is 0 Å². The number of amides is 2. The quantitative estimate of drug-likeness (QED) is 0.343. The Bertz CT molecular complexity index is 1730. The van der Waals surface area contributed by atoms with Crippen molar-refractivity contribution >= 4 is 75.1 Å². The number of halogens is 2. The van der Waals surface area contributed by atoms with Crippen molar-refractivity contribution in [2.24, 2.45) is 21.0 Å². The third-order valence-electron chi connectivity index (χ3n) is 8.74. The van der Waals surface area contributed by atoms with Crippen molar-refractivity contribution in [3.05, 3.63) is 81.8 Å². The zero-order valence-corrected chi connectivity index (χ0v) is 28.9. The van der Waals surface area contributed by atoms with E-state index in [2.05, 4.69) is 55.2 Å². The number of rotatable bonds is 4. The molecule has 44 heavy (non-hydrogen) atoms. The van der Waals surface area contributed by atoms with E-state index in [-0.39, 0.29) is 9.79 Å². The van der Waals surface area contributed by atoms with Gasteiger partial charge in [-0.3, -0.25) is 9.59 Å². The molecule has 0 radical (unpaired) electrons. The maximum Gasteiger partial charge on any atom is 0.286 e. The normalized spacial score (nSPS) is 25.2. The van der Waals surface area contributed by atoms with Gasteiger partial charge in [0.2, 0.25) is 0 Å². The number of hydrazone groups is 2. The van der Waals surface area contributed by atoms with Crippen molar-refractivity contribution in [3.63, 3.8) is 0 Å². The van der Waals surface area contributed by atoms with Crippen LogP contribution in [0.5, 0.6) is 0 Å². The lowest BCUT2D eigenvalue weighted by atomic mass is 9.79. The van der Waals surface area contributed by atoms with E-state index in [1.807, 2.05) is 0 Å². The highest BCUT2D eigenvalue weighted by Crippen LogP contribution is 2.50. The minimum atomic E-state index is -3.99. The van der Waals surface area contributed by atoms with Gasteiger partial charge in [-0.25, -0.2) is 0 Å². The van der Waals surface area contributed by atoms with Gasteiger partial charge in [0, 0.05) is 8.95 Å². The average molecular weight is 767 g/mol. The van der Waals surface area contributed by atoms with Crippen LogP contribution in [-0.2, 0) is 29.6 Å². The Morgan fingerprint density at radius 2 is 0.977 bits per heavy atom. The van der Waals surface area contributed by atoms with Gasteiger partial charge in [0.25, 0.3) is 31.9 Å². The lowest BCUT2D eigenvalue weighted by Crippen LogP contribution is -2.40. The number of carbonyl (C=O) groups is 2. The molecule has 0 aromatic heterocycles. The molecule has 14 heteroatoms. The van der Waals surface area contributed by atoms with Crippen LogP contribution in [0, 0.1) is 10.8 Å². The molecule has 2 fully saturated rings. The van der Waals surface area contributed by atoms with Gasteiger partial charge >= 0.3 is 0 Å². The van der Waals surface area contributed by atoms with E-state index in [0.717, 1.165) is 45.8 Å². The molecule has 232 valence electrons. The lowest BCUT2D eigenvalue weighted by Gasteiger charge is -2.23. The van der Waals surface area contributed by atoms with Crippen LogP contribution in [0.2, 0.25) is 0 Å². The number of carbonyl (C=O) groups excluding carboxylic acids is 2. The first-order valence-electron chi connectivity index (χ1n) is 13.8. The summed E-state index contributed by atoms with van der Waals surface area (Å²) in [5.74, 6) is -1.01. The second-order valence-electron chi connectivity index (χ2n) is 11.1. The summed E-state index contributed by atoms with van der Waals surface area (Å²) in [6, 6.07) is 12.3. The van der Waals surface area contributed by atoms with E-state index < -0.39 is 42.7 Å². The number of sulfonamides is 2. The molecule has 2 saturated carbocycles. The molecule has 2 aromatic rings. The molecule has 10 nitrogen and oxygen atoms in total.